The van der Waals surface area contributed by atoms with E-state index in [2.05, 4.69) is 52.0 Å². The highest BCUT2D eigenvalue weighted by atomic mass is 16.3. The standard InChI is InChI=1S/C18H22O/c1-11-6-8-15-10-18(5,14(4)17(15)13(11)3)16-9-7-12(2)19-16/h6-9,14H,10H2,1-5H3. The van der Waals surface area contributed by atoms with E-state index in [9.17, 15) is 0 Å². The van der Waals surface area contributed by atoms with Crippen molar-refractivity contribution in [3.05, 3.63) is 58.0 Å². The molecule has 2 unspecified atom stereocenters. The molecule has 1 aliphatic rings. The first kappa shape index (κ1) is 12.5. The van der Waals surface area contributed by atoms with Gasteiger partial charge < -0.3 is 4.42 Å². The van der Waals surface area contributed by atoms with Crippen molar-refractivity contribution in [2.75, 3.05) is 0 Å². The molecule has 0 spiro atoms. The van der Waals surface area contributed by atoms with E-state index in [1.54, 1.807) is 0 Å². The average molecular weight is 254 g/mol. The lowest BCUT2D eigenvalue weighted by Crippen LogP contribution is -2.25. The van der Waals surface area contributed by atoms with Crippen LogP contribution in [0.5, 0.6) is 0 Å². The number of fused-ring (bicyclic) bond motifs is 1. The molecule has 1 aromatic carbocycles. The van der Waals surface area contributed by atoms with Gasteiger partial charge in [0.25, 0.3) is 0 Å². The molecule has 1 aliphatic carbocycles. The molecule has 0 saturated heterocycles. The zero-order valence-electron chi connectivity index (χ0n) is 12.5. The van der Waals surface area contributed by atoms with E-state index in [0.717, 1.165) is 17.9 Å². The van der Waals surface area contributed by atoms with Gasteiger partial charge in [0.2, 0.25) is 0 Å². The van der Waals surface area contributed by atoms with E-state index in [1.807, 2.05) is 6.92 Å². The Morgan fingerprint density at radius 2 is 1.84 bits per heavy atom. The van der Waals surface area contributed by atoms with Crippen LogP contribution in [0.1, 0.15) is 53.5 Å². The van der Waals surface area contributed by atoms with Gasteiger partial charge in [0.15, 0.2) is 0 Å². The maximum atomic E-state index is 5.94. The molecule has 0 fully saturated rings. The third-order valence-corrected chi connectivity index (χ3v) is 5.13. The molecule has 100 valence electrons. The molecule has 0 aliphatic heterocycles. The van der Waals surface area contributed by atoms with Crippen molar-refractivity contribution < 1.29 is 4.42 Å². The highest BCUT2D eigenvalue weighted by Crippen LogP contribution is 2.50. The van der Waals surface area contributed by atoms with Gasteiger partial charge in [-0.3, -0.25) is 0 Å². The molecule has 0 N–H and O–H groups in total. The van der Waals surface area contributed by atoms with E-state index < -0.39 is 0 Å². The summed E-state index contributed by atoms with van der Waals surface area (Å²) in [5.74, 6) is 2.64. The summed E-state index contributed by atoms with van der Waals surface area (Å²) in [6.45, 7) is 11.2. The molecule has 2 aromatic rings. The summed E-state index contributed by atoms with van der Waals surface area (Å²) < 4.78 is 5.94. The van der Waals surface area contributed by atoms with Gasteiger partial charge in [-0.2, -0.15) is 0 Å². The molecule has 1 nitrogen and oxygen atoms in total. The first-order valence-corrected chi connectivity index (χ1v) is 7.09. The molecule has 0 saturated carbocycles. The molecule has 19 heavy (non-hydrogen) atoms. The summed E-state index contributed by atoms with van der Waals surface area (Å²) in [5, 5.41) is 0. The third-order valence-electron chi connectivity index (χ3n) is 5.13. The molecule has 3 rings (SSSR count). The Morgan fingerprint density at radius 3 is 2.47 bits per heavy atom. The van der Waals surface area contributed by atoms with E-state index >= 15 is 0 Å². The van der Waals surface area contributed by atoms with Crippen LogP contribution in [-0.2, 0) is 11.8 Å². The second-order valence-corrected chi connectivity index (χ2v) is 6.31. The topological polar surface area (TPSA) is 13.1 Å². The van der Waals surface area contributed by atoms with Crippen molar-refractivity contribution in [3.8, 4) is 0 Å². The fourth-order valence-corrected chi connectivity index (χ4v) is 3.56. The third kappa shape index (κ3) is 1.68. The maximum absolute atomic E-state index is 5.94. The summed E-state index contributed by atoms with van der Waals surface area (Å²) in [6, 6.07) is 8.78. The zero-order chi connectivity index (χ0) is 13.8. The SMILES string of the molecule is Cc1ccc(C2(C)Cc3ccc(C)c(C)c3C2C)o1. The van der Waals surface area contributed by atoms with Crippen LogP contribution in [0.3, 0.4) is 0 Å². The summed E-state index contributed by atoms with van der Waals surface area (Å²) in [6.07, 6.45) is 1.08. The Kier molecular flexibility index (Phi) is 2.63. The van der Waals surface area contributed by atoms with Crippen molar-refractivity contribution in [3.63, 3.8) is 0 Å². The Hall–Kier alpha value is -1.50. The van der Waals surface area contributed by atoms with Crippen molar-refractivity contribution >= 4 is 0 Å². The lowest BCUT2D eigenvalue weighted by atomic mass is 9.76. The zero-order valence-corrected chi connectivity index (χ0v) is 12.5. The quantitative estimate of drug-likeness (QED) is 0.711. The van der Waals surface area contributed by atoms with E-state index in [0.29, 0.717) is 5.92 Å². The van der Waals surface area contributed by atoms with Gasteiger partial charge in [-0.1, -0.05) is 26.0 Å². The van der Waals surface area contributed by atoms with Gasteiger partial charge in [0.1, 0.15) is 11.5 Å². The van der Waals surface area contributed by atoms with Crippen molar-refractivity contribution in [1.29, 1.82) is 0 Å². The number of rotatable bonds is 1. The van der Waals surface area contributed by atoms with Crippen LogP contribution >= 0.6 is 0 Å². The smallest absolute Gasteiger partial charge is 0.110 e. The Balaban J connectivity index is 2.13. The number of hydrogen-bond donors (Lipinski definition) is 0. The summed E-state index contributed by atoms with van der Waals surface area (Å²) in [7, 11) is 0. The van der Waals surface area contributed by atoms with Crippen LogP contribution in [0, 0.1) is 20.8 Å². The van der Waals surface area contributed by atoms with Gasteiger partial charge in [0.05, 0.1) is 0 Å². The molecular weight excluding hydrogens is 232 g/mol. The highest BCUT2D eigenvalue weighted by molar-refractivity contribution is 5.49. The first-order chi connectivity index (χ1) is 8.93. The molecule has 1 heterocycles. The molecule has 2 atom stereocenters. The van der Waals surface area contributed by atoms with Gasteiger partial charge >= 0.3 is 0 Å². The van der Waals surface area contributed by atoms with Gasteiger partial charge in [-0.05, 0) is 67.5 Å². The van der Waals surface area contributed by atoms with Crippen LogP contribution in [0.2, 0.25) is 0 Å². The van der Waals surface area contributed by atoms with Crippen LogP contribution < -0.4 is 0 Å². The predicted molar refractivity (Wildman–Crippen MR) is 78.8 cm³/mol. The molecule has 0 amide bonds. The first-order valence-electron chi connectivity index (χ1n) is 7.09. The van der Waals surface area contributed by atoms with Gasteiger partial charge in [-0.25, -0.2) is 0 Å². The predicted octanol–water partition coefficient (Wildman–Crippen LogP) is 4.82. The van der Waals surface area contributed by atoms with Crippen molar-refractivity contribution in [1.82, 2.24) is 0 Å². The molecular formula is C18H22O. The second kappa shape index (κ2) is 4.00. The minimum absolute atomic E-state index is 0.0924. The normalized spacial score (nSPS) is 25.6. The molecule has 1 heteroatoms. The lowest BCUT2D eigenvalue weighted by molar-refractivity contribution is 0.326. The fraction of sp³-hybridized carbons (Fsp3) is 0.444. The Bertz CT molecular complexity index is 635. The average Bonchev–Trinajstić information content (AvgIpc) is 2.90. The number of aryl methyl sites for hydroxylation is 2. The highest BCUT2D eigenvalue weighted by Gasteiger charge is 2.44. The second-order valence-electron chi connectivity index (χ2n) is 6.31. The van der Waals surface area contributed by atoms with E-state index in [4.69, 9.17) is 4.42 Å². The minimum Gasteiger partial charge on any atom is -0.466 e. The number of benzene rings is 1. The number of furan rings is 1. The summed E-state index contributed by atoms with van der Waals surface area (Å²) in [4.78, 5) is 0. The van der Waals surface area contributed by atoms with E-state index in [-0.39, 0.29) is 5.41 Å². The molecule has 0 radical (unpaired) electrons. The minimum atomic E-state index is 0.0924. The van der Waals surface area contributed by atoms with Crippen LogP contribution in [0.15, 0.2) is 28.7 Å². The van der Waals surface area contributed by atoms with Crippen molar-refractivity contribution in [2.24, 2.45) is 0 Å². The van der Waals surface area contributed by atoms with Gasteiger partial charge in [0, 0.05) is 5.41 Å². The molecule has 0 bridgehead atoms. The van der Waals surface area contributed by atoms with Crippen LogP contribution in [-0.4, -0.2) is 0 Å². The Labute approximate surface area is 115 Å². The summed E-state index contributed by atoms with van der Waals surface area (Å²) in [5.41, 5.74) is 5.97. The number of hydrogen-bond acceptors (Lipinski definition) is 1. The maximum Gasteiger partial charge on any atom is 0.110 e. The largest absolute Gasteiger partial charge is 0.466 e. The fourth-order valence-electron chi connectivity index (χ4n) is 3.56. The van der Waals surface area contributed by atoms with E-state index in [1.165, 1.54) is 22.3 Å². The van der Waals surface area contributed by atoms with Crippen LogP contribution in [0.4, 0.5) is 0 Å². The summed E-state index contributed by atoms with van der Waals surface area (Å²) >= 11 is 0. The molecule has 1 aromatic heterocycles. The monoisotopic (exact) mass is 254 g/mol. The van der Waals surface area contributed by atoms with Crippen molar-refractivity contribution in [2.45, 2.75) is 52.4 Å². The van der Waals surface area contributed by atoms with Gasteiger partial charge in [-0.15, -0.1) is 0 Å². The van der Waals surface area contributed by atoms with Crippen LogP contribution in [0.25, 0.3) is 0 Å². The Morgan fingerprint density at radius 1 is 1.11 bits per heavy atom. The lowest BCUT2D eigenvalue weighted by Gasteiger charge is -2.27.